The number of alkyl halides is 3. The van der Waals surface area contributed by atoms with Crippen LogP contribution in [0.2, 0.25) is 0 Å². The summed E-state index contributed by atoms with van der Waals surface area (Å²) >= 11 is 0. The Morgan fingerprint density at radius 1 is 1.00 bits per heavy atom. The second-order valence-electron chi connectivity index (χ2n) is 7.25. The van der Waals surface area contributed by atoms with E-state index in [0.717, 1.165) is 12.3 Å². The van der Waals surface area contributed by atoms with Crippen molar-refractivity contribution in [2.45, 2.75) is 24.4 Å². The molecule has 32 heavy (non-hydrogen) atoms. The summed E-state index contributed by atoms with van der Waals surface area (Å²) in [6.45, 7) is 1.84. The molecular formula is C23H19F3N2O3S. The summed E-state index contributed by atoms with van der Waals surface area (Å²) in [6, 6.07) is 15.3. The number of aromatic nitrogens is 2. The van der Waals surface area contributed by atoms with E-state index < -0.39 is 21.6 Å². The molecule has 0 atom stereocenters. The van der Waals surface area contributed by atoms with Crippen LogP contribution in [-0.2, 0) is 22.4 Å². The molecule has 9 heteroatoms. The van der Waals surface area contributed by atoms with E-state index in [4.69, 9.17) is 4.74 Å². The minimum atomic E-state index is -4.51. The number of hydrogen-bond donors (Lipinski definition) is 0. The van der Waals surface area contributed by atoms with Crippen molar-refractivity contribution in [3.63, 3.8) is 0 Å². The van der Waals surface area contributed by atoms with Gasteiger partial charge in [0.2, 0.25) is 0 Å². The highest BCUT2D eigenvalue weighted by molar-refractivity contribution is 7.90. The maximum atomic E-state index is 13.4. The summed E-state index contributed by atoms with van der Waals surface area (Å²) in [4.78, 5) is 4.40. The number of rotatable bonds is 5. The van der Waals surface area contributed by atoms with Gasteiger partial charge in [-0.15, -0.1) is 0 Å². The van der Waals surface area contributed by atoms with Crippen LogP contribution in [0.25, 0.3) is 16.9 Å². The maximum Gasteiger partial charge on any atom is 0.419 e. The minimum absolute atomic E-state index is 0.134. The molecule has 0 aliphatic rings. The molecule has 4 aromatic rings. The first-order valence-corrected chi connectivity index (χ1v) is 11.6. The molecule has 0 bridgehead atoms. The second kappa shape index (κ2) is 7.98. The molecule has 5 nitrogen and oxygen atoms in total. The lowest BCUT2D eigenvalue weighted by Gasteiger charge is -2.10. The van der Waals surface area contributed by atoms with Crippen LogP contribution in [0.3, 0.4) is 0 Å². The third kappa shape index (κ3) is 4.20. The molecule has 4 rings (SSSR count). The van der Waals surface area contributed by atoms with Crippen LogP contribution in [0.4, 0.5) is 13.2 Å². The van der Waals surface area contributed by atoms with Crippen molar-refractivity contribution in [2.75, 3.05) is 6.26 Å². The lowest BCUT2D eigenvalue weighted by Crippen LogP contribution is -2.07. The highest BCUT2D eigenvalue weighted by Gasteiger charge is 2.34. The Kier molecular flexibility index (Phi) is 5.46. The third-order valence-corrected chi connectivity index (χ3v) is 6.07. The topological polar surface area (TPSA) is 60.7 Å². The standard InChI is InChI=1S/C23H19F3N2O3S/c1-3-20-21(28-13-5-8-19(22(28)27-20)23(24,25)26)15-9-11-16(12-10-15)31-17-6-4-7-18(14-17)32(2,29)30/h4-14H,3H2,1-2H3. The number of nitrogens with zero attached hydrogens (tertiary/aromatic N) is 2. The summed E-state index contributed by atoms with van der Waals surface area (Å²) in [6.07, 6.45) is -1.36. The SMILES string of the molecule is CCc1nc2c(C(F)(F)F)cccn2c1-c1ccc(Oc2cccc(S(C)(=O)=O)c2)cc1. The first kappa shape index (κ1) is 21.9. The number of imidazole rings is 1. The van der Waals surface area contributed by atoms with E-state index in [2.05, 4.69) is 4.98 Å². The zero-order valence-corrected chi connectivity index (χ0v) is 18.0. The average molecular weight is 460 g/mol. The highest BCUT2D eigenvalue weighted by Crippen LogP contribution is 2.36. The van der Waals surface area contributed by atoms with Crippen LogP contribution < -0.4 is 4.74 Å². The first-order valence-electron chi connectivity index (χ1n) is 9.73. The van der Waals surface area contributed by atoms with Crippen molar-refractivity contribution in [1.29, 1.82) is 0 Å². The number of halogens is 3. The van der Waals surface area contributed by atoms with Gasteiger partial charge in [-0.25, -0.2) is 13.4 Å². The van der Waals surface area contributed by atoms with Gasteiger partial charge in [0, 0.05) is 18.0 Å². The summed E-state index contributed by atoms with van der Waals surface area (Å²) < 4.78 is 70.9. The molecule has 0 aliphatic carbocycles. The molecule has 2 heterocycles. The summed E-state index contributed by atoms with van der Waals surface area (Å²) in [5.41, 5.74) is 0.901. The number of ether oxygens (including phenoxy) is 1. The number of hydrogen-bond acceptors (Lipinski definition) is 4. The van der Waals surface area contributed by atoms with Gasteiger partial charge in [-0.05, 0) is 61.0 Å². The Labute approximate surface area is 183 Å². The predicted molar refractivity (Wildman–Crippen MR) is 115 cm³/mol. The molecule has 2 aromatic carbocycles. The van der Waals surface area contributed by atoms with Gasteiger partial charge in [0.05, 0.1) is 21.8 Å². The largest absolute Gasteiger partial charge is 0.457 e. The van der Waals surface area contributed by atoms with Crippen LogP contribution in [0, 0.1) is 0 Å². The number of benzene rings is 2. The van der Waals surface area contributed by atoms with Gasteiger partial charge in [-0.2, -0.15) is 13.2 Å². The van der Waals surface area contributed by atoms with Gasteiger partial charge < -0.3 is 4.74 Å². The van der Waals surface area contributed by atoms with E-state index >= 15 is 0 Å². The predicted octanol–water partition coefficient (Wildman–Crippen LogP) is 5.78. The van der Waals surface area contributed by atoms with E-state index in [9.17, 15) is 21.6 Å². The van der Waals surface area contributed by atoms with Gasteiger partial charge in [-0.3, -0.25) is 4.40 Å². The van der Waals surface area contributed by atoms with Gasteiger partial charge in [0.15, 0.2) is 9.84 Å². The molecule has 2 aromatic heterocycles. The zero-order valence-electron chi connectivity index (χ0n) is 17.2. The fourth-order valence-corrected chi connectivity index (χ4v) is 4.13. The normalized spacial score (nSPS) is 12.3. The molecule has 0 spiro atoms. The van der Waals surface area contributed by atoms with Crippen LogP contribution in [0.15, 0.2) is 71.8 Å². The Hall–Kier alpha value is -3.33. The number of sulfone groups is 1. The third-order valence-electron chi connectivity index (χ3n) is 4.96. The quantitative estimate of drug-likeness (QED) is 0.379. The molecule has 0 saturated heterocycles. The van der Waals surface area contributed by atoms with Crippen molar-refractivity contribution in [3.05, 3.63) is 78.1 Å². The second-order valence-corrected chi connectivity index (χ2v) is 9.26. The number of aryl methyl sites for hydroxylation is 1. The summed E-state index contributed by atoms with van der Waals surface area (Å²) in [5, 5.41) is 0. The van der Waals surface area contributed by atoms with E-state index in [1.54, 1.807) is 42.6 Å². The fourth-order valence-electron chi connectivity index (χ4n) is 3.47. The van der Waals surface area contributed by atoms with Crippen molar-refractivity contribution in [3.8, 4) is 22.8 Å². The van der Waals surface area contributed by atoms with Gasteiger partial charge in [0.1, 0.15) is 17.1 Å². The molecule has 0 amide bonds. The molecule has 0 fully saturated rings. The van der Waals surface area contributed by atoms with Crippen LogP contribution in [-0.4, -0.2) is 24.1 Å². The van der Waals surface area contributed by atoms with E-state index in [-0.39, 0.29) is 10.5 Å². The Bertz CT molecular complexity index is 1390. The molecule has 0 radical (unpaired) electrons. The summed E-state index contributed by atoms with van der Waals surface area (Å²) in [7, 11) is -3.37. The first-order chi connectivity index (χ1) is 15.1. The van der Waals surface area contributed by atoms with Crippen molar-refractivity contribution >= 4 is 15.5 Å². The van der Waals surface area contributed by atoms with Gasteiger partial charge in [0.25, 0.3) is 0 Å². The molecule has 166 valence electrons. The lowest BCUT2D eigenvalue weighted by atomic mass is 10.1. The fraction of sp³-hybridized carbons (Fsp3) is 0.174. The highest BCUT2D eigenvalue weighted by atomic mass is 32.2. The van der Waals surface area contributed by atoms with Crippen molar-refractivity contribution < 1.29 is 26.3 Å². The Morgan fingerprint density at radius 2 is 1.72 bits per heavy atom. The van der Waals surface area contributed by atoms with Gasteiger partial charge in [-0.1, -0.05) is 13.0 Å². The Balaban J connectivity index is 1.71. The number of pyridine rings is 1. The molecule has 0 aliphatic heterocycles. The van der Waals surface area contributed by atoms with E-state index in [0.29, 0.717) is 34.9 Å². The maximum absolute atomic E-state index is 13.4. The zero-order chi connectivity index (χ0) is 23.1. The van der Waals surface area contributed by atoms with Crippen molar-refractivity contribution in [1.82, 2.24) is 9.38 Å². The lowest BCUT2D eigenvalue weighted by molar-refractivity contribution is -0.136. The van der Waals surface area contributed by atoms with Crippen LogP contribution in [0.5, 0.6) is 11.5 Å². The molecule has 0 N–H and O–H groups in total. The number of fused-ring (bicyclic) bond motifs is 1. The molecule has 0 saturated carbocycles. The van der Waals surface area contributed by atoms with Crippen LogP contribution >= 0.6 is 0 Å². The van der Waals surface area contributed by atoms with Gasteiger partial charge >= 0.3 is 6.18 Å². The van der Waals surface area contributed by atoms with Crippen molar-refractivity contribution in [2.24, 2.45) is 0 Å². The Morgan fingerprint density at radius 3 is 2.34 bits per heavy atom. The monoisotopic (exact) mass is 460 g/mol. The van der Waals surface area contributed by atoms with E-state index in [1.165, 1.54) is 22.6 Å². The minimum Gasteiger partial charge on any atom is -0.457 e. The van der Waals surface area contributed by atoms with E-state index in [1.807, 2.05) is 6.92 Å². The smallest absolute Gasteiger partial charge is 0.419 e. The molecule has 0 unspecified atom stereocenters. The molecular weight excluding hydrogens is 441 g/mol. The average Bonchev–Trinajstić information content (AvgIpc) is 3.12. The summed E-state index contributed by atoms with van der Waals surface area (Å²) in [5.74, 6) is 0.821. The van der Waals surface area contributed by atoms with Crippen LogP contribution in [0.1, 0.15) is 18.2 Å².